The molecule has 0 fully saturated rings. The van der Waals surface area contributed by atoms with Crippen molar-refractivity contribution in [2.24, 2.45) is 0 Å². The molecule has 0 heterocycles. The molecule has 5 nitrogen and oxygen atoms in total. The van der Waals surface area contributed by atoms with Gasteiger partial charge in [0.05, 0.1) is 16.0 Å². The lowest BCUT2D eigenvalue weighted by atomic mass is 10.0. The molecule has 2 aromatic rings. The number of carbonyl (C=O) groups is 1. The summed E-state index contributed by atoms with van der Waals surface area (Å²) in [6.45, 7) is 1.78. The van der Waals surface area contributed by atoms with E-state index in [1.165, 1.54) is 0 Å². The number of rotatable bonds is 7. The van der Waals surface area contributed by atoms with Crippen LogP contribution in [0.15, 0.2) is 53.4 Å². The Morgan fingerprint density at radius 1 is 1.16 bits per heavy atom. The lowest BCUT2D eigenvalue weighted by molar-refractivity contribution is -0.123. The Bertz CT molecular complexity index is 834. The van der Waals surface area contributed by atoms with Crippen LogP contribution in [0, 0.1) is 0 Å². The summed E-state index contributed by atoms with van der Waals surface area (Å²) in [6.07, 6.45) is 1.82. The molecule has 7 heteroatoms. The maximum Gasteiger partial charge on any atom is 0.258 e. The lowest BCUT2D eigenvalue weighted by Crippen LogP contribution is -2.32. The van der Waals surface area contributed by atoms with E-state index in [0.717, 1.165) is 11.8 Å². The molecule has 0 saturated carbocycles. The minimum absolute atomic E-state index is 0.151. The third-order valence-corrected chi connectivity index (χ3v) is 5.09. The summed E-state index contributed by atoms with van der Waals surface area (Å²) in [6, 6.07) is 13.2. The molecule has 0 saturated heterocycles. The van der Waals surface area contributed by atoms with Crippen molar-refractivity contribution in [3.8, 4) is 5.75 Å². The molecule has 2 rings (SSSR count). The van der Waals surface area contributed by atoms with Crippen LogP contribution in [-0.4, -0.2) is 27.2 Å². The van der Waals surface area contributed by atoms with Crippen LogP contribution in [0.25, 0.3) is 0 Å². The second-order valence-corrected chi connectivity index (χ2v) is 8.01. The van der Waals surface area contributed by atoms with Crippen LogP contribution < -0.4 is 10.1 Å². The summed E-state index contributed by atoms with van der Waals surface area (Å²) >= 11 is 5.98. The molecular weight excluding hydrogens is 362 g/mol. The summed E-state index contributed by atoms with van der Waals surface area (Å²) in [4.78, 5) is 12.4. The molecule has 0 aliphatic rings. The Labute approximate surface area is 152 Å². The quantitative estimate of drug-likeness (QED) is 0.797. The zero-order valence-electron chi connectivity index (χ0n) is 14.0. The summed E-state index contributed by atoms with van der Waals surface area (Å²) in [7, 11) is -3.24. The first-order chi connectivity index (χ1) is 11.8. The van der Waals surface area contributed by atoms with Crippen molar-refractivity contribution >= 4 is 27.3 Å². The third kappa shape index (κ3) is 5.47. The predicted octanol–water partition coefficient (Wildman–Crippen LogP) is 3.39. The van der Waals surface area contributed by atoms with Crippen LogP contribution in [-0.2, 0) is 14.6 Å². The first-order valence-corrected chi connectivity index (χ1v) is 10.0. The van der Waals surface area contributed by atoms with E-state index in [1.807, 2.05) is 6.92 Å². The fraction of sp³-hybridized carbons (Fsp3) is 0.278. The van der Waals surface area contributed by atoms with Crippen LogP contribution >= 0.6 is 11.6 Å². The van der Waals surface area contributed by atoms with E-state index in [0.29, 0.717) is 17.2 Å². The Morgan fingerprint density at radius 2 is 1.80 bits per heavy atom. The average molecular weight is 382 g/mol. The second kappa shape index (κ2) is 8.36. The maximum atomic E-state index is 12.1. The van der Waals surface area contributed by atoms with Gasteiger partial charge in [0, 0.05) is 6.26 Å². The number of hydrogen-bond donors (Lipinski definition) is 1. The van der Waals surface area contributed by atoms with Gasteiger partial charge in [-0.3, -0.25) is 4.79 Å². The highest BCUT2D eigenvalue weighted by atomic mass is 35.5. The largest absolute Gasteiger partial charge is 0.482 e. The molecule has 1 atom stereocenters. The normalized spacial score (nSPS) is 12.4. The van der Waals surface area contributed by atoms with Crippen molar-refractivity contribution in [2.45, 2.75) is 24.3 Å². The van der Waals surface area contributed by atoms with Crippen molar-refractivity contribution in [2.75, 3.05) is 12.9 Å². The molecule has 0 spiro atoms. The van der Waals surface area contributed by atoms with Gasteiger partial charge < -0.3 is 10.1 Å². The van der Waals surface area contributed by atoms with Gasteiger partial charge in [-0.1, -0.05) is 42.8 Å². The molecule has 0 aliphatic carbocycles. The fourth-order valence-electron chi connectivity index (χ4n) is 2.31. The molecule has 0 radical (unpaired) electrons. The number of halogens is 1. The van der Waals surface area contributed by atoms with Crippen molar-refractivity contribution in [1.82, 2.24) is 5.32 Å². The summed E-state index contributed by atoms with van der Waals surface area (Å²) in [5.41, 5.74) is 0.834. The highest BCUT2D eigenvalue weighted by Gasteiger charge is 2.15. The number of para-hydroxylation sites is 1. The Balaban J connectivity index is 1.99. The SMILES string of the molecule is CC[C@@H](NC(=O)COc1ccccc1Cl)c1ccc(S(C)(=O)=O)cc1. The van der Waals surface area contributed by atoms with Crippen molar-refractivity contribution in [3.05, 3.63) is 59.1 Å². The van der Waals surface area contributed by atoms with E-state index in [9.17, 15) is 13.2 Å². The van der Waals surface area contributed by atoms with Gasteiger partial charge in [-0.25, -0.2) is 8.42 Å². The van der Waals surface area contributed by atoms with Gasteiger partial charge in [-0.2, -0.15) is 0 Å². The minimum Gasteiger partial charge on any atom is -0.482 e. The van der Waals surface area contributed by atoms with Gasteiger partial charge >= 0.3 is 0 Å². The second-order valence-electron chi connectivity index (χ2n) is 5.59. The fourth-order valence-corrected chi connectivity index (χ4v) is 3.13. The molecule has 1 amide bonds. The first kappa shape index (κ1) is 19.3. The molecule has 0 aliphatic heterocycles. The molecular formula is C18H20ClNO4S. The van der Waals surface area contributed by atoms with Gasteiger partial charge in [0.25, 0.3) is 5.91 Å². The number of sulfone groups is 1. The first-order valence-electron chi connectivity index (χ1n) is 7.78. The van der Waals surface area contributed by atoms with Gasteiger partial charge in [-0.05, 0) is 36.2 Å². The topological polar surface area (TPSA) is 72.5 Å². The Morgan fingerprint density at radius 3 is 2.36 bits per heavy atom. The lowest BCUT2D eigenvalue weighted by Gasteiger charge is -2.18. The van der Waals surface area contributed by atoms with E-state index >= 15 is 0 Å². The zero-order valence-corrected chi connectivity index (χ0v) is 15.6. The third-order valence-electron chi connectivity index (χ3n) is 3.65. The molecule has 2 aromatic carbocycles. The van der Waals surface area contributed by atoms with Crippen LogP contribution in [0.5, 0.6) is 5.75 Å². The van der Waals surface area contributed by atoms with Crippen LogP contribution in [0.4, 0.5) is 0 Å². The molecule has 134 valence electrons. The van der Waals surface area contributed by atoms with Crippen molar-refractivity contribution in [3.63, 3.8) is 0 Å². The number of amides is 1. The smallest absolute Gasteiger partial charge is 0.258 e. The van der Waals surface area contributed by atoms with Gasteiger partial charge in [-0.15, -0.1) is 0 Å². The summed E-state index contributed by atoms with van der Waals surface area (Å²) in [5, 5.41) is 3.32. The standard InChI is InChI=1S/C18H20ClNO4S/c1-3-16(13-8-10-14(11-9-13)25(2,22)23)20-18(21)12-24-17-7-5-4-6-15(17)19/h4-11,16H,3,12H2,1-2H3,(H,20,21)/t16-/m1/s1. The van der Waals surface area contributed by atoms with Crippen molar-refractivity contribution in [1.29, 1.82) is 0 Å². The zero-order chi connectivity index (χ0) is 18.4. The van der Waals surface area contributed by atoms with Crippen molar-refractivity contribution < 1.29 is 17.9 Å². The van der Waals surface area contributed by atoms with Gasteiger partial charge in [0.2, 0.25) is 0 Å². The number of ether oxygens (including phenoxy) is 1. The highest BCUT2D eigenvalue weighted by molar-refractivity contribution is 7.90. The van der Waals surface area contributed by atoms with Crippen LogP contribution in [0.1, 0.15) is 24.9 Å². The van der Waals surface area contributed by atoms with Gasteiger partial charge in [0.15, 0.2) is 16.4 Å². The number of nitrogens with one attached hydrogen (secondary N) is 1. The maximum absolute atomic E-state index is 12.1. The monoisotopic (exact) mass is 381 g/mol. The Hall–Kier alpha value is -2.05. The van der Waals surface area contributed by atoms with Crippen LogP contribution in [0.3, 0.4) is 0 Å². The molecule has 0 unspecified atom stereocenters. The number of benzene rings is 2. The van der Waals surface area contributed by atoms with Crippen LogP contribution in [0.2, 0.25) is 5.02 Å². The van der Waals surface area contributed by atoms with E-state index in [2.05, 4.69) is 5.32 Å². The molecule has 1 N–H and O–H groups in total. The molecule has 0 bridgehead atoms. The highest BCUT2D eigenvalue weighted by Crippen LogP contribution is 2.23. The van der Waals surface area contributed by atoms with Gasteiger partial charge in [0.1, 0.15) is 5.75 Å². The Kier molecular flexibility index (Phi) is 6.45. The summed E-state index contributed by atoms with van der Waals surface area (Å²) in [5.74, 6) is 0.170. The average Bonchev–Trinajstić information content (AvgIpc) is 2.58. The minimum atomic E-state index is -3.24. The van der Waals surface area contributed by atoms with E-state index in [1.54, 1.807) is 48.5 Å². The van der Waals surface area contributed by atoms with E-state index in [-0.39, 0.29) is 23.5 Å². The summed E-state index contributed by atoms with van der Waals surface area (Å²) < 4.78 is 28.4. The van der Waals surface area contributed by atoms with E-state index in [4.69, 9.17) is 16.3 Å². The number of hydrogen-bond acceptors (Lipinski definition) is 4. The predicted molar refractivity (Wildman–Crippen MR) is 97.7 cm³/mol. The molecule has 25 heavy (non-hydrogen) atoms. The molecule has 0 aromatic heterocycles. The number of carbonyl (C=O) groups excluding carboxylic acids is 1. The van der Waals surface area contributed by atoms with E-state index < -0.39 is 9.84 Å².